The summed E-state index contributed by atoms with van der Waals surface area (Å²) in [6.07, 6.45) is 2.63. The van der Waals surface area contributed by atoms with E-state index in [2.05, 4.69) is 74.4 Å². The van der Waals surface area contributed by atoms with E-state index in [9.17, 15) is 0 Å². The molecule has 118 valence electrons. The molecule has 21 heavy (non-hydrogen) atoms. The summed E-state index contributed by atoms with van der Waals surface area (Å²) in [5, 5.41) is 3.51. The van der Waals surface area contributed by atoms with E-state index in [1.54, 1.807) is 0 Å². The van der Waals surface area contributed by atoms with E-state index < -0.39 is 0 Å². The van der Waals surface area contributed by atoms with Gasteiger partial charge < -0.3 is 10.2 Å². The molecule has 1 fully saturated rings. The molecule has 2 rings (SSSR count). The summed E-state index contributed by atoms with van der Waals surface area (Å²) < 4.78 is 0. The third-order valence-corrected chi connectivity index (χ3v) is 5.05. The van der Waals surface area contributed by atoms with Crippen LogP contribution in [0.2, 0.25) is 0 Å². The van der Waals surface area contributed by atoms with Gasteiger partial charge in [-0.05, 0) is 59.9 Å². The summed E-state index contributed by atoms with van der Waals surface area (Å²) in [4.78, 5) is 5.02. The zero-order chi connectivity index (χ0) is 15.4. The van der Waals surface area contributed by atoms with Gasteiger partial charge in [0, 0.05) is 24.7 Å². The van der Waals surface area contributed by atoms with Crippen molar-refractivity contribution >= 4 is 0 Å². The summed E-state index contributed by atoms with van der Waals surface area (Å²) in [5.74, 6) is 0. The fourth-order valence-electron chi connectivity index (χ4n) is 3.50. The number of nitrogens with one attached hydrogen (secondary N) is 1. The average Bonchev–Trinajstić information content (AvgIpc) is 2.49. The first kappa shape index (κ1) is 16.5. The van der Waals surface area contributed by atoms with Crippen LogP contribution in [-0.4, -0.2) is 56.1 Å². The number of likely N-dealkylation sites (N-methyl/N-ethyl adjacent to an activating group) is 3. The molecular formula is C18H31N3. The number of nitrogens with zero attached hydrogens (tertiary/aromatic N) is 2. The van der Waals surface area contributed by atoms with E-state index in [4.69, 9.17) is 0 Å². The van der Waals surface area contributed by atoms with Gasteiger partial charge in [0.2, 0.25) is 0 Å². The Bertz CT molecular complexity index is 429. The summed E-state index contributed by atoms with van der Waals surface area (Å²) >= 11 is 0. The first-order valence-electron chi connectivity index (χ1n) is 8.17. The molecule has 1 aromatic rings. The van der Waals surface area contributed by atoms with Gasteiger partial charge in [-0.25, -0.2) is 0 Å². The maximum atomic E-state index is 3.51. The number of rotatable bonds is 5. The van der Waals surface area contributed by atoms with Gasteiger partial charge in [-0.1, -0.05) is 29.8 Å². The van der Waals surface area contributed by atoms with Gasteiger partial charge in [-0.15, -0.1) is 0 Å². The van der Waals surface area contributed by atoms with Crippen molar-refractivity contribution in [2.45, 2.75) is 44.8 Å². The molecule has 1 N–H and O–H groups in total. The highest BCUT2D eigenvalue weighted by Crippen LogP contribution is 2.24. The number of piperidine rings is 1. The molecular weight excluding hydrogens is 258 g/mol. The molecule has 0 bridgehead atoms. The number of hydrogen-bond acceptors (Lipinski definition) is 3. The molecule has 3 heteroatoms. The second-order valence-corrected chi connectivity index (χ2v) is 6.64. The van der Waals surface area contributed by atoms with Gasteiger partial charge in [-0.3, -0.25) is 4.90 Å². The fourth-order valence-corrected chi connectivity index (χ4v) is 3.50. The molecule has 3 atom stereocenters. The van der Waals surface area contributed by atoms with Gasteiger partial charge in [0.05, 0.1) is 0 Å². The molecule has 0 aliphatic carbocycles. The van der Waals surface area contributed by atoms with Crippen molar-refractivity contribution in [3.05, 3.63) is 35.4 Å². The Morgan fingerprint density at radius 1 is 1.29 bits per heavy atom. The second kappa shape index (κ2) is 7.39. The first-order valence-corrected chi connectivity index (χ1v) is 8.17. The zero-order valence-electron chi connectivity index (χ0n) is 14.3. The van der Waals surface area contributed by atoms with Crippen LogP contribution < -0.4 is 5.32 Å². The van der Waals surface area contributed by atoms with Crippen LogP contribution in [0, 0.1) is 6.92 Å². The Hall–Kier alpha value is -0.900. The van der Waals surface area contributed by atoms with E-state index in [0.29, 0.717) is 18.1 Å². The molecule has 1 aliphatic heterocycles. The molecule has 1 aromatic carbocycles. The Labute approximate surface area is 130 Å². The predicted octanol–water partition coefficient (Wildman–Crippen LogP) is 2.67. The maximum Gasteiger partial charge on any atom is 0.0473 e. The third kappa shape index (κ3) is 4.06. The number of likely N-dealkylation sites (tertiary alicyclic amines) is 1. The topological polar surface area (TPSA) is 18.5 Å². The number of benzene rings is 1. The Morgan fingerprint density at radius 3 is 2.52 bits per heavy atom. The maximum absolute atomic E-state index is 3.51. The van der Waals surface area contributed by atoms with Crippen LogP contribution in [0.3, 0.4) is 0 Å². The van der Waals surface area contributed by atoms with E-state index in [-0.39, 0.29) is 0 Å². The number of hydrogen-bond donors (Lipinski definition) is 1. The van der Waals surface area contributed by atoms with Crippen molar-refractivity contribution in [1.82, 2.24) is 15.1 Å². The van der Waals surface area contributed by atoms with Crippen molar-refractivity contribution in [3.8, 4) is 0 Å². The van der Waals surface area contributed by atoms with Crippen molar-refractivity contribution in [2.75, 3.05) is 34.2 Å². The summed E-state index contributed by atoms with van der Waals surface area (Å²) in [7, 11) is 6.59. The minimum atomic E-state index is 0.378. The first-order chi connectivity index (χ1) is 10.0. The Morgan fingerprint density at radius 2 is 1.95 bits per heavy atom. The lowest BCUT2D eigenvalue weighted by Gasteiger charge is -2.41. The van der Waals surface area contributed by atoms with Crippen LogP contribution in [0.4, 0.5) is 0 Å². The smallest absolute Gasteiger partial charge is 0.0473 e. The fraction of sp³-hybridized carbons (Fsp3) is 0.667. The van der Waals surface area contributed by atoms with Gasteiger partial charge in [0.1, 0.15) is 0 Å². The second-order valence-electron chi connectivity index (χ2n) is 6.64. The van der Waals surface area contributed by atoms with Crippen LogP contribution in [0.1, 0.15) is 36.9 Å². The van der Waals surface area contributed by atoms with E-state index in [1.165, 1.54) is 37.1 Å². The Kier molecular flexibility index (Phi) is 5.80. The lowest BCUT2D eigenvalue weighted by atomic mass is 9.96. The zero-order valence-corrected chi connectivity index (χ0v) is 14.3. The number of aryl methyl sites for hydroxylation is 1. The lowest BCUT2D eigenvalue weighted by molar-refractivity contribution is 0.0893. The van der Waals surface area contributed by atoms with Crippen molar-refractivity contribution < 1.29 is 0 Å². The van der Waals surface area contributed by atoms with E-state index in [1.807, 2.05) is 0 Å². The van der Waals surface area contributed by atoms with Crippen molar-refractivity contribution in [3.63, 3.8) is 0 Å². The van der Waals surface area contributed by atoms with E-state index in [0.717, 1.165) is 0 Å². The molecule has 0 radical (unpaired) electrons. The minimum absolute atomic E-state index is 0.378. The third-order valence-electron chi connectivity index (χ3n) is 5.05. The molecule has 3 unspecified atom stereocenters. The highest BCUT2D eigenvalue weighted by molar-refractivity contribution is 5.25. The molecule has 0 amide bonds. The predicted molar refractivity (Wildman–Crippen MR) is 90.7 cm³/mol. The van der Waals surface area contributed by atoms with E-state index >= 15 is 0 Å². The molecule has 1 saturated heterocycles. The SMILES string of the molecule is CNC(c1ccc(C)cc1)C(C)N(C)C1CCCN(C)C1. The molecule has 3 nitrogen and oxygen atoms in total. The normalized spacial score (nSPS) is 23.2. The molecule has 0 spiro atoms. The quantitative estimate of drug-likeness (QED) is 0.899. The van der Waals surface area contributed by atoms with Gasteiger partial charge in [0.15, 0.2) is 0 Å². The minimum Gasteiger partial charge on any atom is -0.312 e. The van der Waals surface area contributed by atoms with Crippen molar-refractivity contribution in [2.24, 2.45) is 0 Å². The summed E-state index contributed by atoms with van der Waals surface area (Å²) in [6, 6.07) is 10.5. The van der Waals surface area contributed by atoms with Crippen molar-refractivity contribution in [1.29, 1.82) is 0 Å². The Balaban J connectivity index is 2.08. The molecule has 0 aromatic heterocycles. The summed E-state index contributed by atoms with van der Waals surface area (Å²) in [5.41, 5.74) is 2.70. The van der Waals surface area contributed by atoms with Crippen LogP contribution >= 0.6 is 0 Å². The van der Waals surface area contributed by atoms with Crippen LogP contribution in [0.25, 0.3) is 0 Å². The van der Waals surface area contributed by atoms with Crippen LogP contribution in [0.5, 0.6) is 0 Å². The molecule has 1 heterocycles. The highest BCUT2D eigenvalue weighted by atomic mass is 15.2. The standard InChI is InChI=1S/C18H31N3/c1-14-8-10-16(11-9-14)18(19-3)15(2)21(5)17-7-6-12-20(4)13-17/h8-11,15,17-19H,6-7,12-13H2,1-5H3. The summed E-state index contributed by atoms with van der Waals surface area (Å²) in [6.45, 7) is 6.92. The molecule has 1 aliphatic rings. The van der Waals surface area contributed by atoms with Gasteiger partial charge in [0.25, 0.3) is 0 Å². The largest absolute Gasteiger partial charge is 0.312 e. The average molecular weight is 289 g/mol. The van der Waals surface area contributed by atoms with Gasteiger partial charge in [-0.2, -0.15) is 0 Å². The highest BCUT2D eigenvalue weighted by Gasteiger charge is 2.28. The van der Waals surface area contributed by atoms with Crippen LogP contribution in [0.15, 0.2) is 24.3 Å². The van der Waals surface area contributed by atoms with Gasteiger partial charge >= 0.3 is 0 Å². The monoisotopic (exact) mass is 289 g/mol. The lowest BCUT2D eigenvalue weighted by Crippen LogP contribution is -2.51. The molecule has 0 saturated carbocycles. The van der Waals surface area contributed by atoms with Crippen LogP contribution in [-0.2, 0) is 0 Å².